The first-order valence-electron chi connectivity index (χ1n) is 6.68. The van der Waals surface area contributed by atoms with Gasteiger partial charge in [-0.05, 0) is 55.7 Å². The lowest BCUT2D eigenvalue weighted by Gasteiger charge is -2.10. The van der Waals surface area contributed by atoms with E-state index < -0.39 is 16.1 Å². The van der Waals surface area contributed by atoms with Crippen LogP contribution in [0.3, 0.4) is 0 Å². The minimum absolute atomic E-state index is 0.136. The van der Waals surface area contributed by atoms with Gasteiger partial charge in [-0.15, -0.1) is 0 Å². The highest BCUT2D eigenvalue weighted by Gasteiger charge is 2.16. The monoisotopic (exact) mass is 309 g/mol. The molecule has 2 aromatic rings. The third kappa shape index (κ3) is 3.93. The Kier molecular flexibility index (Phi) is 4.82. The highest BCUT2D eigenvalue weighted by Crippen LogP contribution is 2.17. The van der Waals surface area contributed by atoms with E-state index in [4.69, 9.17) is 4.42 Å². The minimum Gasteiger partial charge on any atom is -0.467 e. The van der Waals surface area contributed by atoms with Crippen LogP contribution >= 0.6 is 0 Å². The van der Waals surface area contributed by atoms with E-state index >= 15 is 0 Å². The van der Waals surface area contributed by atoms with Crippen LogP contribution in [0.4, 0.5) is 0 Å². The van der Waals surface area contributed by atoms with Crippen molar-refractivity contribution in [3.63, 3.8) is 0 Å². The molecule has 6 heteroatoms. The molecule has 0 aliphatic heterocycles. The van der Waals surface area contributed by atoms with Crippen molar-refractivity contribution in [2.45, 2.75) is 31.3 Å². The standard InChI is InChI=1S/C15H19NO4S/c1-11-5-6-13(10-12(11)2)21(18,19)16-8-7-14(17)15-4-3-9-20-15/h3-6,9-10,14,16-17H,7-8H2,1-2H3. The number of furan rings is 1. The molecule has 0 aliphatic carbocycles. The summed E-state index contributed by atoms with van der Waals surface area (Å²) in [6.45, 7) is 3.94. The lowest BCUT2D eigenvalue weighted by Crippen LogP contribution is -2.26. The van der Waals surface area contributed by atoms with Gasteiger partial charge < -0.3 is 9.52 Å². The van der Waals surface area contributed by atoms with E-state index in [2.05, 4.69) is 4.72 Å². The SMILES string of the molecule is Cc1ccc(S(=O)(=O)NCCC(O)c2ccco2)cc1C. The minimum atomic E-state index is -3.56. The van der Waals surface area contributed by atoms with Gasteiger partial charge in [0.15, 0.2) is 0 Å². The Bertz CT molecular complexity index is 692. The molecule has 0 saturated heterocycles. The Labute approximate surface area is 124 Å². The molecule has 1 aromatic heterocycles. The van der Waals surface area contributed by atoms with Gasteiger partial charge in [-0.25, -0.2) is 13.1 Å². The average molecular weight is 309 g/mol. The van der Waals surface area contributed by atoms with Crippen LogP contribution in [-0.2, 0) is 10.0 Å². The van der Waals surface area contributed by atoms with Crippen molar-refractivity contribution in [1.29, 1.82) is 0 Å². The molecule has 0 spiro atoms. The van der Waals surface area contributed by atoms with Crippen LogP contribution < -0.4 is 4.72 Å². The molecule has 1 atom stereocenters. The molecule has 0 fully saturated rings. The van der Waals surface area contributed by atoms with Gasteiger partial charge >= 0.3 is 0 Å². The van der Waals surface area contributed by atoms with E-state index in [0.29, 0.717) is 5.76 Å². The molecule has 0 bridgehead atoms. The van der Waals surface area contributed by atoms with Crippen molar-refractivity contribution < 1.29 is 17.9 Å². The summed E-state index contributed by atoms with van der Waals surface area (Å²) >= 11 is 0. The molecule has 2 rings (SSSR count). The highest BCUT2D eigenvalue weighted by molar-refractivity contribution is 7.89. The quantitative estimate of drug-likeness (QED) is 0.858. The zero-order valence-electron chi connectivity index (χ0n) is 12.0. The maximum atomic E-state index is 12.1. The number of sulfonamides is 1. The normalized spacial score (nSPS) is 13.3. The van der Waals surface area contributed by atoms with E-state index in [0.717, 1.165) is 11.1 Å². The molecule has 0 radical (unpaired) electrons. The summed E-state index contributed by atoms with van der Waals surface area (Å²) in [5.74, 6) is 0.431. The number of benzene rings is 1. The third-order valence-electron chi connectivity index (χ3n) is 3.37. The smallest absolute Gasteiger partial charge is 0.240 e. The number of nitrogens with one attached hydrogen (secondary N) is 1. The lowest BCUT2D eigenvalue weighted by molar-refractivity contribution is 0.142. The Hall–Kier alpha value is -1.63. The summed E-state index contributed by atoms with van der Waals surface area (Å²) in [5.41, 5.74) is 1.97. The highest BCUT2D eigenvalue weighted by atomic mass is 32.2. The van der Waals surface area contributed by atoms with Crippen LogP contribution in [0.2, 0.25) is 0 Å². The first-order valence-corrected chi connectivity index (χ1v) is 8.17. The number of rotatable bonds is 6. The first kappa shape index (κ1) is 15.8. The van der Waals surface area contributed by atoms with Crippen LogP contribution in [0.5, 0.6) is 0 Å². The second-order valence-corrected chi connectivity index (χ2v) is 6.73. The van der Waals surface area contributed by atoms with E-state index in [1.54, 1.807) is 30.3 Å². The lowest BCUT2D eigenvalue weighted by atomic mass is 10.1. The Morgan fingerprint density at radius 3 is 2.62 bits per heavy atom. The molecule has 5 nitrogen and oxygen atoms in total. The van der Waals surface area contributed by atoms with Crippen molar-refractivity contribution in [3.05, 3.63) is 53.5 Å². The Morgan fingerprint density at radius 1 is 1.24 bits per heavy atom. The molecule has 2 N–H and O–H groups in total. The molecule has 114 valence electrons. The predicted octanol–water partition coefficient (Wildman–Crippen LogP) is 2.30. The zero-order chi connectivity index (χ0) is 15.5. The summed E-state index contributed by atoms with van der Waals surface area (Å²) in [6.07, 6.45) is 0.900. The van der Waals surface area contributed by atoms with E-state index in [-0.39, 0.29) is 17.9 Å². The molecule has 1 unspecified atom stereocenters. The molecule has 1 aromatic carbocycles. The maximum absolute atomic E-state index is 12.1. The van der Waals surface area contributed by atoms with Crippen molar-refractivity contribution in [3.8, 4) is 0 Å². The predicted molar refractivity (Wildman–Crippen MR) is 79.4 cm³/mol. The van der Waals surface area contributed by atoms with Gasteiger partial charge in [0.2, 0.25) is 10.0 Å². The fourth-order valence-corrected chi connectivity index (χ4v) is 3.05. The largest absolute Gasteiger partial charge is 0.467 e. The summed E-state index contributed by atoms with van der Waals surface area (Å²) in [6, 6.07) is 8.33. The van der Waals surface area contributed by atoms with Crippen molar-refractivity contribution >= 4 is 10.0 Å². The topological polar surface area (TPSA) is 79.5 Å². The van der Waals surface area contributed by atoms with Gasteiger partial charge in [0.1, 0.15) is 11.9 Å². The zero-order valence-corrected chi connectivity index (χ0v) is 12.9. The van der Waals surface area contributed by atoms with E-state index in [9.17, 15) is 13.5 Å². The molecular weight excluding hydrogens is 290 g/mol. The Balaban J connectivity index is 1.96. The molecule has 21 heavy (non-hydrogen) atoms. The van der Waals surface area contributed by atoms with Gasteiger partial charge in [0.05, 0.1) is 11.2 Å². The van der Waals surface area contributed by atoms with Gasteiger partial charge in [-0.1, -0.05) is 6.07 Å². The van der Waals surface area contributed by atoms with Crippen molar-refractivity contribution in [2.75, 3.05) is 6.54 Å². The Morgan fingerprint density at radius 2 is 2.00 bits per heavy atom. The van der Waals surface area contributed by atoms with Crippen LogP contribution in [0, 0.1) is 13.8 Å². The van der Waals surface area contributed by atoms with Crippen LogP contribution in [0.25, 0.3) is 0 Å². The molecule has 1 heterocycles. The molecule has 0 saturated carbocycles. The van der Waals surface area contributed by atoms with Crippen LogP contribution in [-0.4, -0.2) is 20.1 Å². The second kappa shape index (κ2) is 6.43. The number of hydrogen-bond acceptors (Lipinski definition) is 4. The summed E-state index contributed by atoms with van der Waals surface area (Å²) in [5, 5.41) is 9.83. The number of hydrogen-bond donors (Lipinski definition) is 2. The van der Waals surface area contributed by atoms with E-state index in [1.807, 2.05) is 13.8 Å². The summed E-state index contributed by atoms with van der Waals surface area (Å²) in [4.78, 5) is 0.234. The van der Waals surface area contributed by atoms with Crippen LogP contribution in [0.15, 0.2) is 45.9 Å². The fourth-order valence-electron chi connectivity index (χ4n) is 1.92. The summed E-state index contributed by atoms with van der Waals surface area (Å²) < 4.78 is 31.8. The second-order valence-electron chi connectivity index (χ2n) is 4.96. The van der Waals surface area contributed by atoms with Gasteiger partial charge in [-0.3, -0.25) is 0 Å². The summed E-state index contributed by atoms with van der Waals surface area (Å²) in [7, 11) is -3.56. The van der Waals surface area contributed by atoms with Crippen LogP contribution in [0.1, 0.15) is 29.4 Å². The van der Waals surface area contributed by atoms with Crippen molar-refractivity contribution in [1.82, 2.24) is 4.72 Å². The first-order chi connectivity index (χ1) is 9.90. The number of aliphatic hydroxyl groups excluding tert-OH is 1. The average Bonchev–Trinajstić information content (AvgIpc) is 2.95. The van der Waals surface area contributed by atoms with Gasteiger partial charge in [0.25, 0.3) is 0 Å². The third-order valence-corrected chi connectivity index (χ3v) is 4.83. The van der Waals surface area contributed by atoms with Gasteiger partial charge in [-0.2, -0.15) is 0 Å². The molecular formula is C15H19NO4S. The number of aryl methyl sites for hydroxylation is 2. The number of aliphatic hydroxyl groups is 1. The van der Waals surface area contributed by atoms with E-state index in [1.165, 1.54) is 6.26 Å². The molecule has 0 amide bonds. The maximum Gasteiger partial charge on any atom is 0.240 e. The molecule has 0 aliphatic rings. The fraction of sp³-hybridized carbons (Fsp3) is 0.333. The van der Waals surface area contributed by atoms with Gasteiger partial charge in [0, 0.05) is 6.54 Å². The van der Waals surface area contributed by atoms with Crippen molar-refractivity contribution in [2.24, 2.45) is 0 Å².